The maximum absolute atomic E-state index is 12.1. The second-order valence-electron chi connectivity index (χ2n) is 5.64. The number of nitrogens with zero attached hydrogens (tertiary/aromatic N) is 4. The van der Waals surface area contributed by atoms with Crippen molar-refractivity contribution >= 4 is 29.3 Å². The molecule has 0 aliphatic rings. The van der Waals surface area contributed by atoms with Crippen LogP contribution in [0, 0.1) is 5.92 Å². The van der Waals surface area contributed by atoms with Crippen LogP contribution in [0.3, 0.4) is 0 Å². The molecule has 0 bridgehead atoms. The second-order valence-corrected chi connectivity index (χ2v) is 6.99. The summed E-state index contributed by atoms with van der Waals surface area (Å²) in [5, 5.41) is 15.8. The van der Waals surface area contributed by atoms with Crippen LogP contribution in [-0.2, 0) is 11.3 Å². The van der Waals surface area contributed by atoms with E-state index in [0.717, 1.165) is 12.1 Å². The smallest absolute Gasteiger partial charge is 0.230 e. The second kappa shape index (κ2) is 8.31. The number of tetrazole rings is 1. The lowest BCUT2D eigenvalue weighted by molar-refractivity contribution is -0.119. The number of thioether (sulfide) groups is 1. The summed E-state index contributed by atoms with van der Waals surface area (Å²) in [6, 6.07) is 7.34. The predicted octanol–water partition coefficient (Wildman–Crippen LogP) is 2.95. The maximum atomic E-state index is 12.1. The molecule has 1 heterocycles. The lowest BCUT2D eigenvalue weighted by Gasteiger charge is -2.15. The van der Waals surface area contributed by atoms with E-state index in [4.69, 9.17) is 11.6 Å². The van der Waals surface area contributed by atoms with E-state index >= 15 is 0 Å². The molecule has 0 spiro atoms. The number of aromatic nitrogens is 4. The highest BCUT2D eigenvalue weighted by molar-refractivity contribution is 7.99. The molecule has 8 heteroatoms. The number of benzene rings is 1. The maximum Gasteiger partial charge on any atom is 0.230 e. The van der Waals surface area contributed by atoms with Crippen LogP contribution in [0.4, 0.5) is 0 Å². The van der Waals surface area contributed by atoms with Crippen molar-refractivity contribution in [3.8, 4) is 0 Å². The number of hydrogen-bond donors (Lipinski definition) is 1. The number of carbonyl (C=O) groups excluding carboxylic acids is 1. The van der Waals surface area contributed by atoms with E-state index in [1.165, 1.54) is 11.8 Å². The van der Waals surface area contributed by atoms with Gasteiger partial charge in [0.2, 0.25) is 11.1 Å². The fourth-order valence-corrected chi connectivity index (χ4v) is 3.07. The molecule has 0 aliphatic carbocycles. The number of amides is 1. The largest absolute Gasteiger partial charge is 0.349 e. The number of nitrogens with one attached hydrogen (secondary N) is 1. The van der Waals surface area contributed by atoms with Gasteiger partial charge in [-0.05, 0) is 34.9 Å². The summed E-state index contributed by atoms with van der Waals surface area (Å²) in [5.41, 5.74) is 0.900. The van der Waals surface area contributed by atoms with Crippen molar-refractivity contribution in [2.24, 2.45) is 5.92 Å². The topological polar surface area (TPSA) is 72.7 Å². The van der Waals surface area contributed by atoms with Gasteiger partial charge >= 0.3 is 0 Å². The van der Waals surface area contributed by atoms with Crippen molar-refractivity contribution in [3.05, 3.63) is 34.9 Å². The average Bonchev–Trinajstić information content (AvgIpc) is 2.92. The molecular formula is C15H20ClN5OS. The Morgan fingerprint density at radius 3 is 2.78 bits per heavy atom. The number of halogens is 1. The first-order valence-corrected chi connectivity index (χ1v) is 8.76. The van der Waals surface area contributed by atoms with E-state index in [2.05, 4.69) is 34.7 Å². The van der Waals surface area contributed by atoms with Gasteiger partial charge in [0, 0.05) is 11.6 Å². The van der Waals surface area contributed by atoms with E-state index in [-0.39, 0.29) is 17.7 Å². The molecule has 1 aromatic heterocycles. The monoisotopic (exact) mass is 353 g/mol. The first kappa shape index (κ1) is 17.7. The van der Waals surface area contributed by atoms with Crippen molar-refractivity contribution in [2.75, 3.05) is 5.75 Å². The van der Waals surface area contributed by atoms with E-state index < -0.39 is 0 Å². The molecule has 2 aromatic rings. The quantitative estimate of drug-likeness (QED) is 0.775. The lowest BCUT2D eigenvalue weighted by atomic mass is 10.1. The summed E-state index contributed by atoms with van der Waals surface area (Å²) in [7, 11) is 0. The molecule has 1 aromatic carbocycles. The zero-order valence-electron chi connectivity index (χ0n) is 13.4. The third-order valence-electron chi connectivity index (χ3n) is 3.12. The van der Waals surface area contributed by atoms with Gasteiger partial charge in [0.15, 0.2) is 0 Å². The molecule has 1 atom stereocenters. The van der Waals surface area contributed by atoms with Crippen LogP contribution in [0.2, 0.25) is 5.02 Å². The molecule has 1 N–H and O–H groups in total. The normalized spacial score (nSPS) is 12.4. The Kier molecular flexibility index (Phi) is 6.41. The van der Waals surface area contributed by atoms with Gasteiger partial charge in [0.1, 0.15) is 0 Å². The van der Waals surface area contributed by atoms with Crippen molar-refractivity contribution in [1.29, 1.82) is 0 Å². The Bertz CT molecular complexity index is 661. The van der Waals surface area contributed by atoms with E-state index in [9.17, 15) is 4.79 Å². The summed E-state index contributed by atoms with van der Waals surface area (Å²) < 4.78 is 1.72. The number of carbonyl (C=O) groups is 1. The Morgan fingerprint density at radius 2 is 2.09 bits per heavy atom. The summed E-state index contributed by atoms with van der Waals surface area (Å²) >= 11 is 7.47. The van der Waals surface area contributed by atoms with Gasteiger partial charge in [0.25, 0.3) is 0 Å². The standard InChI is InChI=1S/C15H20ClN5OS/c1-10(2)8-21-15(18-19-20-21)23-9-14(22)17-11(3)12-6-4-5-7-13(12)16/h4-7,10-11H,8-9H2,1-3H3,(H,17,22). The molecule has 124 valence electrons. The SMILES string of the molecule is CC(C)Cn1nnnc1SCC(=O)NC(C)c1ccccc1Cl. The van der Waals surface area contributed by atoms with E-state index in [1.54, 1.807) is 4.68 Å². The van der Waals surface area contributed by atoms with E-state index in [1.807, 2.05) is 31.2 Å². The highest BCUT2D eigenvalue weighted by Gasteiger charge is 2.14. The van der Waals surface area contributed by atoms with Gasteiger partial charge in [0.05, 0.1) is 11.8 Å². The highest BCUT2D eigenvalue weighted by atomic mass is 35.5. The Morgan fingerprint density at radius 1 is 1.35 bits per heavy atom. The van der Waals surface area contributed by atoms with Gasteiger partial charge in [-0.15, -0.1) is 5.10 Å². The summed E-state index contributed by atoms with van der Waals surface area (Å²) in [6.07, 6.45) is 0. The van der Waals surface area contributed by atoms with Gasteiger partial charge < -0.3 is 5.32 Å². The number of hydrogen-bond acceptors (Lipinski definition) is 5. The zero-order valence-corrected chi connectivity index (χ0v) is 14.9. The summed E-state index contributed by atoms with van der Waals surface area (Å²) in [4.78, 5) is 12.1. The van der Waals surface area contributed by atoms with Crippen molar-refractivity contribution < 1.29 is 4.79 Å². The first-order chi connectivity index (χ1) is 11.0. The van der Waals surface area contributed by atoms with Gasteiger partial charge in [-0.2, -0.15) is 0 Å². The van der Waals surface area contributed by atoms with Gasteiger partial charge in [-0.1, -0.05) is 55.4 Å². The minimum Gasteiger partial charge on any atom is -0.349 e. The van der Waals surface area contributed by atoms with Crippen LogP contribution in [0.5, 0.6) is 0 Å². The minimum absolute atomic E-state index is 0.0819. The predicted molar refractivity (Wildman–Crippen MR) is 91.4 cm³/mol. The minimum atomic E-state index is -0.150. The van der Waals surface area contributed by atoms with Crippen LogP contribution in [0.1, 0.15) is 32.4 Å². The average molecular weight is 354 g/mol. The van der Waals surface area contributed by atoms with Crippen LogP contribution >= 0.6 is 23.4 Å². The van der Waals surface area contributed by atoms with E-state index in [0.29, 0.717) is 16.1 Å². The molecule has 0 saturated heterocycles. The van der Waals surface area contributed by atoms with Crippen LogP contribution in [0.25, 0.3) is 0 Å². The third-order valence-corrected chi connectivity index (χ3v) is 4.42. The van der Waals surface area contributed by atoms with Gasteiger partial charge in [-0.3, -0.25) is 4.79 Å². The first-order valence-electron chi connectivity index (χ1n) is 7.40. The Labute approximate surface area is 145 Å². The molecule has 6 nitrogen and oxygen atoms in total. The summed E-state index contributed by atoms with van der Waals surface area (Å²) in [5.74, 6) is 0.612. The molecule has 0 fully saturated rings. The van der Waals surface area contributed by atoms with Crippen molar-refractivity contribution in [2.45, 2.75) is 38.5 Å². The summed E-state index contributed by atoms with van der Waals surface area (Å²) in [6.45, 7) is 6.82. The molecule has 0 aliphatic heterocycles. The third kappa shape index (κ3) is 5.21. The van der Waals surface area contributed by atoms with Gasteiger partial charge in [-0.25, -0.2) is 4.68 Å². The fourth-order valence-electron chi connectivity index (χ4n) is 2.08. The molecule has 0 radical (unpaired) electrons. The zero-order chi connectivity index (χ0) is 16.8. The molecule has 1 amide bonds. The Balaban J connectivity index is 1.88. The van der Waals surface area contributed by atoms with Crippen LogP contribution < -0.4 is 5.32 Å². The molecule has 1 unspecified atom stereocenters. The lowest BCUT2D eigenvalue weighted by Crippen LogP contribution is -2.28. The van der Waals surface area contributed by atoms with Crippen LogP contribution in [0.15, 0.2) is 29.4 Å². The Hall–Kier alpha value is -1.60. The molecular weight excluding hydrogens is 334 g/mol. The highest BCUT2D eigenvalue weighted by Crippen LogP contribution is 2.22. The van der Waals surface area contributed by atoms with Crippen LogP contribution in [-0.4, -0.2) is 31.9 Å². The molecule has 0 saturated carbocycles. The fraction of sp³-hybridized carbons (Fsp3) is 0.467. The van der Waals surface area contributed by atoms with Crippen molar-refractivity contribution in [1.82, 2.24) is 25.5 Å². The number of rotatable bonds is 7. The molecule has 2 rings (SSSR count). The van der Waals surface area contributed by atoms with Crippen molar-refractivity contribution in [3.63, 3.8) is 0 Å². The molecule has 23 heavy (non-hydrogen) atoms.